The minimum atomic E-state index is -1.06. The Morgan fingerprint density at radius 1 is 1.00 bits per heavy atom. The average Bonchev–Trinajstić information content (AvgIpc) is 3.55. The van der Waals surface area contributed by atoms with E-state index in [1.807, 2.05) is 19.9 Å². The number of pyridine rings is 1. The van der Waals surface area contributed by atoms with Crippen molar-refractivity contribution in [1.29, 1.82) is 0 Å². The van der Waals surface area contributed by atoms with Gasteiger partial charge in [0, 0.05) is 42.3 Å². The Bertz CT molecular complexity index is 1690. The van der Waals surface area contributed by atoms with Crippen LogP contribution >= 0.6 is 0 Å². The summed E-state index contributed by atoms with van der Waals surface area (Å²) in [5.74, 6) is -2.60. The van der Waals surface area contributed by atoms with Crippen molar-refractivity contribution in [2.75, 3.05) is 23.8 Å². The maximum absolute atomic E-state index is 15.6. The van der Waals surface area contributed by atoms with E-state index >= 15 is 4.39 Å². The quantitative estimate of drug-likeness (QED) is 0.287. The van der Waals surface area contributed by atoms with Crippen molar-refractivity contribution >= 4 is 40.2 Å². The first-order chi connectivity index (χ1) is 21.4. The largest absolute Gasteiger partial charge is 0.443 e. The molecular formula is C33H41F2N5O6. The van der Waals surface area contributed by atoms with Crippen molar-refractivity contribution in [3.63, 3.8) is 0 Å². The van der Waals surface area contributed by atoms with Gasteiger partial charge < -0.3 is 24.7 Å². The molecule has 3 aromatic rings. The third kappa shape index (κ3) is 6.57. The molecule has 248 valence electrons. The summed E-state index contributed by atoms with van der Waals surface area (Å²) < 4.78 is 55.2. The molecule has 2 N–H and O–H groups in total. The van der Waals surface area contributed by atoms with Gasteiger partial charge in [-0.3, -0.25) is 4.68 Å². The molecule has 1 aliphatic heterocycles. The Hall–Kier alpha value is -4.10. The van der Waals surface area contributed by atoms with Crippen LogP contribution in [-0.4, -0.2) is 57.2 Å². The first kappa shape index (κ1) is 33.3. The topological polar surface area (TPSA) is 131 Å². The van der Waals surface area contributed by atoms with Crippen molar-refractivity contribution in [3.8, 4) is 11.3 Å². The number of nitrogen functional groups attached to an aromatic ring is 1. The van der Waals surface area contributed by atoms with Crippen molar-refractivity contribution in [3.05, 3.63) is 41.6 Å². The van der Waals surface area contributed by atoms with Crippen LogP contribution in [0.3, 0.4) is 0 Å². The van der Waals surface area contributed by atoms with Crippen LogP contribution in [0.1, 0.15) is 86.3 Å². The van der Waals surface area contributed by atoms with Crippen LogP contribution in [0.4, 0.5) is 29.9 Å². The zero-order chi connectivity index (χ0) is 33.8. The first-order valence-corrected chi connectivity index (χ1v) is 15.3. The number of imide groups is 1. The predicted molar refractivity (Wildman–Crippen MR) is 169 cm³/mol. The molecule has 0 saturated carbocycles. The van der Waals surface area contributed by atoms with Gasteiger partial charge in [-0.05, 0) is 73.5 Å². The summed E-state index contributed by atoms with van der Waals surface area (Å²) in [7, 11) is 0. The lowest BCUT2D eigenvalue weighted by Crippen LogP contribution is -2.44. The molecular weight excluding hydrogens is 600 g/mol. The van der Waals surface area contributed by atoms with Crippen LogP contribution in [0.15, 0.2) is 24.4 Å². The molecule has 0 radical (unpaired) electrons. The highest BCUT2D eigenvalue weighted by Crippen LogP contribution is 2.44. The summed E-state index contributed by atoms with van der Waals surface area (Å²) in [4.78, 5) is 32.8. The number of nitrogens with two attached hydrogens (primary N) is 1. The Morgan fingerprint density at radius 3 is 2.13 bits per heavy atom. The summed E-state index contributed by atoms with van der Waals surface area (Å²) in [5, 5.41) is 4.88. The van der Waals surface area contributed by atoms with Crippen LogP contribution in [0.5, 0.6) is 0 Å². The number of allylic oxidation sites excluding steroid dienone is 1. The molecule has 3 heterocycles. The van der Waals surface area contributed by atoms with E-state index in [-0.39, 0.29) is 34.2 Å². The van der Waals surface area contributed by atoms with Gasteiger partial charge in [0.05, 0.1) is 29.8 Å². The molecule has 0 bridgehead atoms. The fourth-order valence-corrected chi connectivity index (χ4v) is 5.54. The number of amides is 2. The number of ether oxygens (including phenoxy) is 4. The molecule has 5 rings (SSSR count). The standard InChI is InChI=1S/C33H41F2N5O6/c1-18(2)40-27-21(19-9-11-33(12-10-19)43-13-14-44-33)17-37-28(25(27)26(38-40)20-15-23(35)24(36)16-22(20)34)39(29(41)45-31(3,4)5)30(42)46-32(6,7)8/h9,15-18H,10-14,36H2,1-8H3. The number of aromatic nitrogens is 3. The predicted octanol–water partition coefficient (Wildman–Crippen LogP) is 7.53. The molecule has 2 aromatic heterocycles. The fraction of sp³-hybridized carbons (Fsp3) is 0.515. The lowest BCUT2D eigenvalue weighted by molar-refractivity contribution is -0.159. The van der Waals surface area contributed by atoms with Gasteiger partial charge in [-0.15, -0.1) is 0 Å². The van der Waals surface area contributed by atoms with E-state index in [4.69, 9.17) is 29.8 Å². The number of nitrogens with zero attached hydrogens (tertiary/aromatic N) is 4. The summed E-state index contributed by atoms with van der Waals surface area (Å²) in [6, 6.07) is 1.52. The molecule has 2 amide bonds. The number of rotatable bonds is 4. The van der Waals surface area contributed by atoms with Gasteiger partial charge >= 0.3 is 12.2 Å². The zero-order valence-electron chi connectivity index (χ0n) is 27.5. The average molecular weight is 642 g/mol. The third-order valence-corrected chi connectivity index (χ3v) is 7.49. The number of benzene rings is 1. The van der Waals surface area contributed by atoms with Gasteiger partial charge in [0.2, 0.25) is 0 Å². The molecule has 1 aliphatic carbocycles. The minimum absolute atomic E-state index is 0.0445. The van der Waals surface area contributed by atoms with Crippen molar-refractivity contribution in [1.82, 2.24) is 14.8 Å². The molecule has 46 heavy (non-hydrogen) atoms. The highest BCUT2D eigenvalue weighted by molar-refractivity contribution is 6.17. The molecule has 1 spiro atoms. The second-order valence-electron chi connectivity index (χ2n) is 13.8. The third-order valence-electron chi connectivity index (χ3n) is 7.49. The monoisotopic (exact) mass is 641 g/mol. The molecule has 2 aliphatic rings. The van der Waals surface area contributed by atoms with Crippen LogP contribution < -0.4 is 10.6 Å². The van der Waals surface area contributed by atoms with Gasteiger partial charge in [-0.25, -0.2) is 23.4 Å². The van der Waals surface area contributed by atoms with Gasteiger partial charge in [-0.2, -0.15) is 10.00 Å². The van der Waals surface area contributed by atoms with Gasteiger partial charge in [0.1, 0.15) is 28.5 Å². The summed E-state index contributed by atoms with van der Waals surface area (Å²) >= 11 is 0. The van der Waals surface area contributed by atoms with Gasteiger partial charge in [0.25, 0.3) is 0 Å². The van der Waals surface area contributed by atoms with Gasteiger partial charge in [0.15, 0.2) is 11.6 Å². The van der Waals surface area contributed by atoms with Gasteiger partial charge in [-0.1, -0.05) is 6.08 Å². The van der Waals surface area contributed by atoms with E-state index in [0.717, 1.165) is 17.7 Å². The Kier molecular flexibility index (Phi) is 8.62. The number of carbonyl (C=O) groups is 2. The van der Waals surface area contributed by atoms with E-state index in [9.17, 15) is 14.0 Å². The lowest BCUT2D eigenvalue weighted by Gasteiger charge is -2.31. The molecule has 0 atom stereocenters. The highest BCUT2D eigenvalue weighted by atomic mass is 19.1. The number of halogens is 2. The van der Waals surface area contributed by atoms with Crippen LogP contribution in [0.25, 0.3) is 27.7 Å². The van der Waals surface area contributed by atoms with E-state index in [0.29, 0.717) is 48.5 Å². The molecule has 11 nitrogen and oxygen atoms in total. The summed E-state index contributed by atoms with van der Waals surface area (Å²) in [5.41, 5.74) is 5.01. The van der Waals surface area contributed by atoms with E-state index in [1.165, 1.54) is 0 Å². The fourth-order valence-electron chi connectivity index (χ4n) is 5.54. The Labute approximate surface area is 266 Å². The number of anilines is 2. The van der Waals surface area contributed by atoms with Crippen LogP contribution in [-0.2, 0) is 18.9 Å². The first-order valence-electron chi connectivity index (χ1n) is 15.3. The number of hydrogen-bond acceptors (Lipinski definition) is 9. The summed E-state index contributed by atoms with van der Waals surface area (Å²) in [6.45, 7) is 14.7. The van der Waals surface area contributed by atoms with E-state index in [1.54, 1.807) is 52.4 Å². The van der Waals surface area contributed by atoms with Crippen molar-refractivity contribution in [2.24, 2.45) is 0 Å². The van der Waals surface area contributed by atoms with Crippen LogP contribution in [0, 0.1) is 11.6 Å². The molecule has 1 aromatic carbocycles. The van der Waals surface area contributed by atoms with Crippen LogP contribution in [0.2, 0.25) is 0 Å². The second kappa shape index (κ2) is 11.9. The molecule has 13 heteroatoms. The Morgan fingerprint density at radius 2 is 1.61 bits per heavy atom. The Balaban J connectivity index is 1.83. The smallest absolute Gasteiger partial charge is 0.425 e. The van der Waals surface area contributed by atoms with E-state index in [2.05, 4.69) is 4.98 Å². The number of fused-ring (bicyclic) bond motifs is 1. The zero-order valence-corrected chi connectivity index (χ0v) is 27.5. The second-order valence-corrected chi connectivity index (χ2v) is 13.8. The lowest BCUT2D eigenvalue weighted by atomic mass is 9.89. The normalized spacial score (nSPS) is 16.6. The maximum atomic E-state index is 15.6. The van der Waals surface area contributed by atoms with E-state index < -0.39 is 40.8 Å². The molecule has 1 fully saturated rings. The molecule has 0 unspecified atom stereocenters. The maximum Gasteiger partial charge on any atom is 0.425 e. The molecule has 1 saturated heterocycles. The number of carbonyl (C=O) groups excluding carboxylic acids is 2. The van der Waals surface area contributed by atoms with Crippen molar-refractivity contribution in [2.45, 2.75) is 97.7 Å². The SMILES string of the molecule is CC(C)n1nc(-c2cc(F)c(N)cc2F)c2c(N(C(=O)OC(C)(C)C)C(=O)OC(C)(C)C)ncc(C3=CCC4(CC3)OCCO4)c21. The van der Waals surface area contributed by atoms with Crippen molar-refractivity contribution < 1.29 is 37.3 Å². The summed E-state index contributed by atoms with van der Waals surface area (Å²) in [6.07, 6.45) is 3.06. The highest BCUT2D eigenvalue weighted by Gasteiger charge is 2.40. The number of hydrogen-bond donors (Lipinski definition) is 1. The minimum Gasteiger partial charge on any atom is -0.443 e.